The van der Waals surface area contributed by atoms with Gasteiger partial charge in [0.1, 0.15) is 6.10 Å². The van der Waals surface area contributed by atoms with Crippen molar-refractivity contribution in [1.29, 1.82) is 0 Å². The number of esters is 1. The summed E-state index contributed by atoms with van der Waals surface area (Å²) in [7, 11) is -4.59. The summed E-state index contributed by atoms with van der Waals surface area (Å²) in [5, 5.41) is 0. The molecule has 1 unspecified atom stereocenters. The maximum atomic E-state index is 15.6. The van der Waals surface area contributed by atoms with Crippen LogP contribution >= 0.6 is 7.82 Å². The summed E-state index contributed by atoms with van der Waals surface area (Å²) in [5.74, 6) is -4.71. The number of ether oxygens (including phenoxy) is 2. The van der Waals surface area contributed by atoms with Crippen LogP contribution in [0.3, 0.4) is 0 Å². The molecule has 2 heterocycles. The number of halogens is 2. The van der Waals surface area contributed by atoms with Crippen LogP contribution in [-0.4, -0.2) is 51.8 Å². The normalized spacial score (nSPS) is 21.8. The summed E-state index contributed by atoms with van der Waals surface area (Å²) >= 11 is 0. The highest BCUT2D eigenvalue weighted by atomic mass is 31.2. The van der Waals surface area contributed by atoms with Crippen molar-refractivity contribution in [2.45, 2.75) is 129 Å². The van der Waals surface area contributed by atoms with Gasteiger partial charge in [0.15, 0.2) is 6.10 Å². The van der Waals surface area contributed by atoms with Crippen LogP contribution in [0, 0.1) is 6.92 Å². The molecular weight excluding hydrogens is 549 g/mol. The number of unbranched alkanes of at least 4 members (excludes halogenated alkanes) is 10. The van der Waals surface area contributed by atoms with Crippen LogP contribution in [-0.2, 0) is 27.9 Å². The van der Waals surface area contributed by atoms with Gasteiger partial charge in [-0.15, -0.1) is 0 Å². The summed E-state index contributed by atoms with van der Waals surface area (Å²) in [6.07, 6.45) is 6.07. The fourth-order valence-electron chi connectivity index (χ4n) is 4.44. The lowest BCUT2D eigenvalue weighted by Crippen LogP contribution is -2.44. The average Bonchev–Trinajstić information content (AvgIpc) is 3.13. The number of hydrogen-bond donors (Lipinski definition) is 1. The highest BCUT2D eigenvalue weighted by Gasteiger charge is 2.62. The molecule has 10 nitrogen and oxygen atoms in total. The fraction of sp³-hybridized carbons (Fsp3) is 0.815. The second kappa shape index (κ2) is 17.3. The molecule has 1 aliphatic rings. The van der Waals surface area contributed by atoms with Crippen molar-refractivity contribution < 1.29 is 41.6 Å². The van der Waals surface area contributed by atoms with E-state index in [4.69, 9.17) is 18.5 Å². The Morgan fingerprint density at radius 1 is 1.05 bits per heavy atom. The molecule has 0 saturated carbocycles. The molecule has 1 N–H and O–H groups in total. The summed E-state index contributed by atoms with van der Waals surface area (Å²) in [6.45, 7) is 4.87. The van der Waals surface area contributed by atoms with Crippen molar-refractivity contribution in [3.05, 3.63) is 28.4 Å². The number of phosphoric acid groups is 1. The van der Waals surface area contributed by atoms with Crippen LogP contribution in [0.2, 0.25) is 0 Å². The first-order valence-electron chi connectivity index (χ1n) is 14.4. The van der Waals surface area contributed by atoms with Crippen LogP contribution in [0.25, 0.3) is 0 Å². The molecule has 4 atom stereocenters. The SMILES string of the molecule is CCCCCCCCOP(=O)(O)OC[C@H]1O[C@@H](n2ccc(C)nc2=O)C(F)(F)[C@@H]1OC(=O)CCCCCCCC. The topological polar surface area (TPSA) is 126 Å². The van der Waals surface area contributed by atoms with Crippen molar-refractivity contribution in [2.75, 3.05) is 13.2 Å². The van der Waals surface area contributed by atoms with E-state index in [1.807, 2.05) is 0 Å². The van der Waals surface area contributed by atoms with Gasteiger partial charge in [-0.1, -0.05) is 78.1 Å². The Bertz CT molecular complexity index is 1010. The molecule has 0 aliphatic carbocycles. The van der Waals surface area contributed by atoms with Gasteiger partial charge in [-0.3, -0.25) is 18.4 Å². The lowest BCUT2D eigenvalue weighted by molar-refractivity contribution is -0.176. The zero-order valence-corrected chi connectivity index (χ0v) is 24.8. The summed E-state index contributed by atoms with van der Waals surface area (Å²) in [4.78, 5) is 38.6. The second-order valence-corrected chi connectivity index (χ2v) is 11.7. The third kappa shape index (κ3) is 11.3. The minimum Gasteiger partial charge on any atom is -0.453 e. The molecule has 0 radical (unpaired) electrons. The molecule has 0 spiro atoms. The van der Waals surface area contributed by atoms with Crippen LogP contribution in [0.1, 0.15) is 109 Å². The lowest BCUT2D eigenvalue weighted by Gasteiger charge is -2.24. The standard InChI is InChI=1S/C27H45F2N2O8P/c1-4-6-8-10-12-14-16-23(32)39-24-22(20-37-40(34,35)36-19-15-13-11-9-7-5-2)38-25(27(24,28)29)31-18-17-21(3)30-26(31)33/h17-18,22,24-25H,4-16,19-20H2,1-3H3,(H,34,35)/t22-,24-,25-/m1/s1. The van der Waals surface area contributed by atoms with E-state index in [1.165, 1.54) is 13.0 Å². The van der Waals surface area contributed by atoms with E-state index in [1.54, 1.807) is 0 Å². The van der Waals surface area contributed by atoms with Crippen molar-refractivity contribution >= 4 is 13.8 Å². The number of nitrogens with zero attached hydrogens (tertiary/aromatic N) is 2. The molecule has 0 aromatic carbocycles. The van der Waals surface area contributed by atoms with E-state index >= 15 is 8.78 Å². The number of hydrogen-bond acceptors (Lipinski definition) is 8. The number of phosphoric ester groups is 1. The van der Waals surface area contributed by atoms with Gasteiger partial charge in [0.2, 0.25) is 6.23 Å². The Hall–Kier alpha value is -1.72. The minimum absolute atomic E-state index is 0.0364. The zero-order valence-electron chi connectivity index (χ0n) is 23.9. The first kappa shape index (κ1) is 34.5. The molecule has 40 heavy (non-hydrogen) atoms. The largest absolute Gasteiger partial charge is 0.472 e. The molecule has 2 rings (SSSR count). The van der Waals surface area contributed by atoms with E-state index in [-0.39, 0.29) is 13.0 Å². The Labute approximate surface area is 235 Å². The van der Waals surface area contributed by atoms with E-state index in [0.717, 1.165) is 70.4 Å². The van der Waals surface area contributed by atoms with E-state index in [0.29, 0.717) is 23.1 Å². The van der Waals surface area contributed by atoms with Crippen LogP contribution in [0.5, 0.6) is 0 Å². The predicted molar refractivity (Wildman–Crippen MR) is 145 cm³/mol. The number of alkyl halides is 2. The molecule has 0 bridgehead atoms. The lowest BCUT2D eigenvalue weighted by atomic mass is 10.1. The smallest absolute Gasteiger partial charge is 0.453 e. The summed E-state index contributed by atoms with van der Waals surface area (Å²) < 4.78 is 64.6. The molecule has 230 valence electrons. The van der Waals surface area contributed by atoms with E-state index in [2.05, 4.69) is 18.8 Å². The molecule has 1 aliphatic heterocycles. The van der Waals surface area contributed by atoms with Crippen LogP contribution < -0.4 is 5.69 Å². The number of carbonyl (C=O) groups excluding carboxylic acids is 1. The van der Waals surface area contributed by atoms with Crippen molar-refractivity contribution in [3.63, 3.8) is 0 Å². The quantitative estimate of drug-likeness (QED) is 0.106. The molecule has 1 fully saturated rings. The predicted octanol–water partition coefficient (Wildman–Crippen LogP) is 6.24. The van der Waals surface area contributed by atoms with Gasteiger partial charge in [-0.05, 0) is 25.8 Å². The number of rotatable bonds is 20. The number of carbonyl (C=O) groups is 1. The summed E-state index contributed by atoms with van der Waals surface area (Å²) in [5.41, 5.74) is -0.647. The van der Waals surface area contributed by atoms with Crippen molar-refractivity contribution in [3.8, 4) is 0 Å². The maximum absolute atomic E-state index is 15.6. The zero-order chi connectivity index (χ0) is 29.6. The molecule has 0 amide bonds. The van der Waals surface area contributed by atoms with E-state index in [9.17, 15) is 19.0 Å². The van der Waals surface area contributed by atoms with Crippen molar-refractivity contribution in [1.82, 2.24) is 9.55 Å². The molecule has 1 aromatic heterocycles. The first-order chi connectivity index (χ1) is 19.0. The van der Waals surface area contributed by atoms with Gasteiger partial charge in [0, 0.05) is 18.3 Å². The molecule has 13 heteroatoms. The van der Waals surface area contributed by atoms with Crippen molar-refractivity contribution in [2.24, 2.45) is 0 Å². The monoisotopic (exact) mass is 594 g/mol. The minimum atomic E-state index is -4.59. The molecule has 1 saturated heterocycles. The van der Waals surface area contributed by atoms with Gasteiger partial charge in [0.05, 0.1) is 13.2 Å². The Balaban J connectivity index is 2.04. The number of aryl methyl sites for hydroxylation is 1. The van der Waals surface area contributed by atoms with E-state index < -0.39 is 50.4 Å². The molecular formula is C27H45F2N2O8P. The third-order valence-corrected chi connectivity index (χ3v) is 7.70. The van der Waals surface area contributed by atoms with Gasteiger partial charge in [-0.2, -0.15) is 13.8 Å². The maximum Gasteiger partial charge on any atom is 0.472 e. The highest BCUT2D eigenvalue weighted by Crippen LogP contribution is 2.48. The summed E-state index contributed by atoms with van der Waals surface area (Å²) in [6, 6.07) is 1.36. The average molecular weight is 595 g/mol. The van der Waals surface area contributed by atoms with Gasteiger partial charge < -0.3 is 14.4 Å². The van der Waals surface area contributed by atoms with Gasteiger partial charge in [0.25, 0.3) is 0 Å². The Morgan fingerprint density at radius 2 is 1.65 bits per heavy atom. The van der Waals surface area contributed by atoms with Gasteiger partial charge >= 0.3 is 25.4 Å². The third-order valence-electron chi connectivity index (χ3n) is 6.72. The Morgan fingerprint density at radius 3 is 2.27 bits per heavy atom. The van der Waals surface area contributed by atoms with Gasteiger partial charge in [-0.25, -0.2) is 9.36 Å². The molecule has 1 aromatic rings. The van der Waals surface area contributed by atoms with Crippen LogP contribution in [0.4, 0.5) is 8.78 Å². The Kier molecular flexibility index (Phi) is 14.9. The first-order valence-corrected chi connectivity index (χ1v) is 15.9. The number of aromatic nitrogens is 2. The highest BCUT2D eigenvalue weighted by molar-refractivity contribution is 7.47. The van der Waals surface area contributed by atoms with Crippen LogP contribution in [0.15, 0.2) is 17.1 Å². The second-order valence-electron chi connectivity index (χ2n) is 10.3. The fourth-order valence-corrected chi connectivity index (χ4v) is 5.21.